The Balaban J connectivity index is 1.70. The molecular formula is C24H18ClN2O3+. The Morgan fingerprint density at radius 3 is 2.50 bits per heavy atom. The molecule has 0 bridgehead atoms. The van der Waals surface area contributed by atoms with Gasteiger partial charge >= 0.3 is 11.9 Å². The van der Waals surface area contributed by atoms with Crippen LogP contribution in [0.1, 0.15) is 11.1 Å². The Morgan fingerprint density at radius 2 is 1.80 bits per heavy atom. The third-order valence-corrected chi connectivity index (χ3v) is 5.24. The molecule has 4 rings (SSSR count). The second-order valence-electron chi connectivity index (χ2n) is 6.77. The molecule has 6 heteroatoms. The van der Waals surface area contributed by atoms with E-state index in [0.717, 1.165) is 10.5 Å². The molecule has 3 amide bonds. The lowest BCUT2D eigenvalue weighted by Gasteiger charge is -2.26. The lowest BCUT2D eigenvalue weighted by atomic mass is 9.96. The maximum absolute atomic E-state index is 13.1. The molecule has 0 fully saturated rings. The maximum atomic E-state index is 13.1. The van der Waals surface area contributed by atoms with Crippen LogP contribution < -0.4 is 4.90 Å². The summed E-state index contributed by atoms with van der Waals surface area (Å²) >= 11 is 6.46. The van der Waals surface area contributed by atoms with Gasteiger partial charge in [-0.15, -0.1) is 4.90 Å². The van der Waals surface area contributed by atoms with E-state index in [2.05, 4.69) is 11.8 Å². The van der Waals surface area contributed by atoms with Crippen molar-refractivity contribution in [2.24, 2.45) is 0 Å². The molecule has 2 aliphatic rings. The van der Waals surface area contributed by atoms with E-state index in [9.17, 15) is 9.59 Å². The molecule has 2 aromatic carbocycles. The Bertz CT molecular complexity index is 1200. The van der Waals surface area contributed by atoms with Gasteiger partial charge < -0.3 is 4.74 Å². The number of anilines is 1. The molecule has 0 spiro atoms. The van der Waals surface area contributed by atoms with Crippen LogP contribution >= 0.6 is 11.6 Å². The van der Waals surface area contributed by atoms with Gasteiger partial charge in [0.1, 0.15) is 11.7 Å². The Kier molecular flexibility index (Phi) is 5.37. The van der Waals surface area contributed by atoms with Crippen molar-refractivity contribution in [2.45, 2.75) is 6.10 Å². The summed E-state index contributed by atoms with van der Waals surface area (Å²) in [6.07, 6.45) is 4.75. The number of ether oxygens (including phenoxy) is 1. The Morgan fingerprint density at radius 1 is 1.07 bits per heavy atom. The zero-order valence-electron chi connectivity index (χ0n) is 16.4. The zero-order valence-corrected chi connectivity index (χ0v) is 17.2. The van der Waals surface area contributed by atoms with Crippen molar-refractivity contribution >= 4 is 34.9 Å². The first-order chi connectivity index (χ1) is 14.5. The van der Waals surface area contributed by atoms with Gasteiger partial charge in [-0.1, -0.05) is 47.7 Å². The molecule has 5 nitrogen and oxygen atoms in total. The molecule has 2 aromatic rings. The number of fused-ring (bicyclic) bond motifs is 1. The van der Waals surface area contributed by atoms with Crippen molar-refractivity contribution in [3.8, 4) is 11.8 Å². The molecule has 0 saturated heterocycles. The van der Waals surface area contributed by atoms with Gasteiger partial charge in [0.05, 0.1) is 12.1 Å². The van der Waals surface area contributed by atoms with E-state index >= 15 is 0 Å². The van der Waals surface area contributed by atoms with Gasteiger partial charge in [-0.25, -0.2) is 4.79 Å². The molecule has 1 atom stereocenters. The number of hydrogen-bond donors (Lipinski definition) is 0. The van der Waals surface area contributed by atoms with E-state index < -0.39 is 18.0 Å². The van der Waals surface area contributed by atoms with Gasteiger partial charge in [-0.3, -0.25) is 0 Å². The highest BCUT2D eigenvalue weighted by molar-refractivity contribution is 6.39. The molecule has 0 aromatic heterocycles. The van der Waals surface area contributed by atoms with E-state index in [1.54, 1.807) is 43.5 Å². The number of nitrogens with zero attached hydrogens (tertiary/aromatic N) is 2. The number of amides is 3. The number of carbonyl (C=O) groups is 2. The highest BCUT2D eigenvalue weighted by Crippen LogP contribution is 2.31. The molecule has 0 N–H and O–H groups in total. The van der Waals surface area contributed by atoms with Crippen LogP contribution in [0.2, 0.25) is 5.02 Å². The largest absolute Gasteiger partial charge is 0.506 e. The molecular weight excluding hydrogens is 400 g/mol. The van der Waals surface area contributed by atoms with E-state index in [1.165, 1.54) is 11.7 Å². The lowest BCUT2D eigenvalue weighted by Crippen LogP contribution is -2.53. The summed E-state index contributed by atoms with van der Waals surface area (Å²) in [6.45, 7) is 0. The van der Waals surface area contributed by atoms with Gasteiger partial charge in [0, 0.05) is 18.2 Å². The number of urea groups is 1. The van der Waals surface area contributed by atoms with Crippen LogP contribution in [0, 0.1) is 11.8 Å². The van der Waals surface area contributed by atoms with Crippen molar-refractivity contribution in [3.05, 3.63) is 88.5 Å². The van der Waals surface area contributed by atoms with Crippen molar-refractivity contribution in [1.82, 2.24) is 0 Å². The van der Waals surface area contributed by atoms with Crippen LogP contribution in [0.15, 0.2) is 72.3 Å². The molecule has 0 radical (unpaired) electrons. The zero-order chi connectivity index (χ0) is 21.3. The summed E-state index contributed by atoms with van der Waals surface area (Å²) in [5, 5.41) is 0.267. The standard InChI is InChI=1S/C24H18ClN2O3/c1-26-22-18(9-6-10-21(22)30-2)23(28)27(24(26)29)20-14-13-17(15-19(20)25)12-11-16-7-4-3-5-8-16/h3-10,13-15,21H,1-2H3/q+1. The number of rotatable bonds is 2. The summed E-state index contributed by atoms with van der Waals surface area (Å²) < 4.78 is 6.82. The Labute approximate surface area is 179 Å². The minimum atomic E-state index is -0.491. The summed E-state index contributed by atoms with van der Waals surface area (Å²) in [4.78, 5) is 27.2. The van der Waals surface area contributed by atoms with Gasteiger partial charge in [0.25, 0.3) is 0 Å². The first kappa shape index (κ1) is 19.8. The number of halogens is 1. The van der Waals surface area contributed by atoms with Crippen molar-refractivity contribution in [3.63, 3.8) is 0 Å². The molecule has 148 valence electrons. The lowest BCUT2D eigenvalue weighted by molar-refractivity contribution is -0.394. The number of benzene rings is 2. The first-order valence-electron chi connectivity index (χ1n) is 9.28. The van der Waals surface area contributed by atoms with E-state index in [1.807, 2.05) is 30.3 Å². The Hall–Kier alpha value is -3.46. The average Bonchev–Trinajstić information content (AvgIpc) is 2.77. The molecule has 1 heterocycles. The third-order valence-electron chi connectivity index (χ3n) is 4.93. The summed E-state index contributed by atoms with van der Waals surface area (Å²) in [5.41, 5.74) is 2.80. The fourth-order valence-electron chi connectivity index (χ4n) is 3.43. The fourth-order valence-corrected chi connectivity index (χ4v) is 3.69. The number of imide groups is 1. The van der Waals surface area contributed by atoms with Crippen molar-refractivity contribution in [1.29, 1.82) is 0 Å². The smallest absolute Gasteiger partial charge is 0.369 e. The third kappa shape index (κ3) is 3.48. The summed E-state index contributed by atoms with van der Waals surface area (Å²) in [7, 11) is 3.15. The number of carbonyl (C=O) groups excluding carboxylic acids is 2. The normalized spacial score (nSPS) is 18.0. The quantitative estimate of drug-likeness (QED) is 0.551. The first-order valence-corrected chi connectivity index (χ1v) is 9.66. The minimum absolute atomic E-state index is 0.267. The summed E-state index contributed by atoms with van der Waals surface area (Å²) in [5.74, 6) is 5.67. The van der Waals surface area contributed by atoms with Crippen molar-refractivity contribution in [2.75, 3.05) is 19.1 Å². The number of methoxy groups -OCH3 is 1. The highest BCUT2D eigenvalue weighted by atomic mass is 35.5. The molecule has 30 heavy (non-hydrogen) atoms. The van der Waals surface area contributed by atoms with Crippen LogP contribution in [0.25, 0.3) is 0 Å². The second-order valence-corrected chi connectivity index (χ2v) is 7.18. The van der Waals surface area contributed by atoms with E-state index in [0.29, 0.717) is 22.5 Å². The number of hydrogen-bond acceptors (Lipinski definition) is 3. The van der Waals surface area contributed by atoms with Gasteiger partial charge in [-0.05, 0) is 42.5 Å². The molecule has 1 aliphatic carbocycles. The van der Waals surface area contributed by atoms with Gasteiger partial charge in [0.15, 0.2) is 11.4 Å². The average molecular weight is 418 g/mol. The van der Waals surface area contributed by atoms with Crippen LogP contribution in [-0.2, 0) is 9.53 Å². The molecule has 1 aliphatic heterocycles. The molecule has 0 saturated carbocycles. The monoisotopic (exact) mass is 417 g/mol. The topological polar surface area (TPSA) is 49.6 Å². The SMILES string of the molecule is COC1C=CC=C2C(=O)N(c3ccc(C#Cc4ccccc4)cc3Cl)C(=O)[N+](C)=C21. The predicted octanol–water partition coefficient (Wildman–Crippen LogP) is 3.80. The molecule has 1 unspecified atom stereocenters. The second kappa shape index (κ2) is 8.11. The van der Waals surface area contributed by atoms with E-state index in [4.69, 9.17) is 16.3 Å². The van der Waals surface area contributed by atoms with Crippen LogP contribution in [-0.4, -0.2) is 42.5 Å². The van der Waals surface area contributed by atoms with Crippen LogP contribution in [0.4, 0.5) is 10.5 Å². The van der Waals surface area contributed by atoms with Crippen LogP contribution in [0.3, 0.4) is 0 Å². The van der Waals surface area contributed by atoms with Gasteiger partial charge in [0.2, 0.25) is 0 Å². The minimum Gasteiger partial charge on any atom is -0.369 e. The maximum Gasteiger partial charge on any atom is 0.506 e. The van der Waals surface area contributed by atoms with E-state index in [-0.39, 0.29) is 5.02 Å². The van der Waals surface area contributed by atoms with Gasteiger partial charge in [-0.2, -0.15) is 9.37 Å². The van der Waals surface area contributed by atoms with Crippen LogP contribution in [0.5, 0.6) is 0 Å². The number of allylic oxidation sites excluding steroid dienone is 2. The summed E-state index contributed by atoms with van der Waals surface area (Å²) in [6, 6.07) is 14.1. The fraction of sp³-hybridized carbons (Fsp3) is 0.125. The highest BCUT2D eigenvalue weighted by Gasteiger charge is 2.47. The van der Waals surface area contributed by atoms with Crippen molar-refractivity contribution < 1.29 is 18.9 Å². The predicted molar refractivity (Wildman–Crippen MR) is 116 cm³/mol.